The summed E-state index contributed by atoms with van der Waals surface area (Å²) in [6.07, 6.45) is -0.225. The number of benzene rings is 1. The normalized spacial score (nSPS) is 12.8. The van der Waals surface area contributed by atoms with Gasteiger partial charge >= 0.3 is 0 Å². The summed E-state index contributed by atoms with van der Waals surface area (Å²) in [4.78, 5) is 13.9. The SMILES string of the molecule is CC(O)CN(CCC(=O)Nc1ccc(Cl)cc1F)C(C)C. The number of amides is 1. The Hall–Kier alpha value is -1.17. The van der Waals surface area contributed by atoms with Crippen LogP contribution in [0.3, 0.4) is 0 Å². The highest BCUT2D eigenvalue weighted by molar-refractivity contribution is 6.30. The first-order valence-corrected chi connectivity index (χ1v) is 7.34. The second-order valence-electron chi connectivity index (χ2n) is 5.36. The van der Waals surface area contributed by atoms with Crippen LogP contribution >= 0.6 is 11.6 Å². The Morgan fingerprint density at radius 2 is 2.10 bits per heavy atom. The number of nitrogens with zero attached hydrogens (tertiary/aromatic N) is 1. The smallest absolute Gasteiger partial charge is 0.225 e. The van der Waals surface area contributed by atoms with Crippen molar-refractivity contribution in [3.63, 3.8) is 0 Å². The third-order valence-electron chi connectivity index (χ3n) is 3.06. The van der Waals surface area contributed by atoms with E-state index in [1.54, 1.807) is 6.92 Å². The van der Waals surface area contributed by atoms with Crippen LogP contribution in [-0.4, -0.2) is 41.1 Å². The van der Waals surface area contributed by atoms with Gasteiger partial charge in [0.1, 0.15) is 5.82 Å². The zero-order valence-electron chi connectivity index (χ0n) is 12.6. The quantitative estimate of drug-likeness (QED) is 0.813. The van der Waals surface area contributed by atoms with E-state index < -0.39 is 11.9 Å². The first kappa shape index (κ1) is 17.9. The highest BCUT2D eigenvalue weighted by Gasteiger charge is 2.14. The molecule has 0 spiro atoms. The topological polar surface area (TPSA) is 52.6 Å². The molecule has 1 rings (SSSR count). The molecule has 0 aromatic heterocycles. The molecule has 118 valence electrons. The van der Waals surface area contributed by atoms with E-state index in [9.17, 15) is 14.3 Å². The molecule has 21 heavy (non-hydrogen) atoms. The number of aliphatic hydroxyl groups is 1. The molecular weight excluding hydrogens is 295 g/mol. The van der Waals surface area contributed by atoms with Crippen molar-refractivity contribution in [3.8, 4) is 0 Å². The fourth-order valence-electron chi connectivity index (χ4n) is 1.95. The molecule has 0 fully saturated rings. The first-order chi connectivity index (χ1) is 9.79. The van der Waals surface area contributed by atoms with E-state index in [2.05, 4.69) is 5.32 Å². The standard InChI is InChI=1S/C15H22ClFN2O2/c1-10(2)19(9-11(3)20)7-6-15(21)18-14-5-4-12(16)8-13(14)17/h4-5,8,10-11,20H,6-7,9H2,1-3H3,(H,18,21). The molecule has 2 N–H and O–H groups in total. The maximum absolute atomic E-state index is 13.6. The van der Waals surface area contributed by atoms with Crippen molar-refractivity contribution in [2.75, 3.05) is 18.4 Å². The average Bonchev–Trinajstić information content (AvgIpc) is 2.37. The summed E-state index contributed by atoms with van der Waals surface area (Å²) >= 11 is 5.66. The second kappa shape index (κ2) is 8.32. The van der Waals surface area contributed by atoms with Crippen molar-refractivity contribution in [3.05, 3.63) is 29.0 Å². The number of rotatable bonds is 7. The predicted molar refractivity (Wildman–Crippen MR) is 83.0 cm³/mol. The lowest BCUT2D eigenvalue weighted by atomic mass is 10.2. The molecule has 0 saturated carbocycles. The van der Waals surface area contributed by atoms with Crippen molar-refractivity contribution in [2.24, 2.45) is 0 Å². The minimum atomic E-state index is -0.555. The lowest BCUT2D eigenvalue weighted by Gasteiger charge is -2.27. The highest BCUT2D eigenvalue weighted by atomic mass is 35.5. The summed E-state index contributed by atoms with van der Waals surface area (Å²) in [7, 11) is 0. The number of aliphatic hydroxyl groups excluding tert-OH is 1. The average molecular weight is 317 g/mol. The summed E-state index contributed by atoms with van der Waals surface area (Å²) in [5.41, 5.74) is 0.121. The molecule has 1 unspecified atom stereocenters. The highest BCUT2D eigenvalue weighted by Crippen LogP contribution is 2.19. The fraction of sp³-hybridized carbons (Fsp3) is 0.533. The lowest BCUT2D eigenvalue weighted by molar-refractivity contribution is -0.116. The third kappa shape index (κ3) is 6.42. The van der Waals surface area contributed by atoms with E-state index in [1.165, 1.54) is 12.1 Å². The molecule has 0 bridgehead atoms. The van der Waals surface area contributed by atoms with E-state index in [0.717, 1.165) is 6.07 Å². The van der Waals surface area contributed by atoms with E-state index in [4.69, 9.17) is 11.6 Å². The van der Waals surface area contributed by atoms with Crippen LogP contribution in [0.4, 0.5) is 10.1 Å². The third-order valence-corrected chi connectivity index (χ3v) is 3.30. The van der Waals surface area contributed by atoms with Crippen molar-refractivity contribution < 1.29 is 14.3 Å². The van der Waals surface area contributed by atoms with Crippen LogP contribution in [0.15, 0.2) is 18.2 Å². The van der Waals surface area contributed by atoms with Crippen LogP contribution in [0.25, 0.3) is 0 Å². The van der Waals surface area contributed by atoms with E-state index in [1.807, 2.05) is 18.7 Å². The van der Waals surface area contributed by atoms with Gasteiger partial charge in [0.15, 0.2) is 0 Å². The maximum atomic E-state index is 13.6. The zero-order chi connectivity index (χ0) is 16.0. The van der Waals surface area contributed by atoms with Crippen LogP contribution in [0.5, 0.6) is 0 Å². The Kier molecular flexibility index (Phi) is 7.08. The Balaban J connectivity index is 2.53. The zero-order valence-corrected chi connectivity index (χ0v) is 13.3. The van der Waals surface area contributed by atoms with Gasteiger partial charge in [0.25, 0.3) is 0 Å². The van der Waals surface area contributed by atoms with Crippen LogP contribution in [0, 0.1) is 5.82 Å². The van der Waals surface area contributed by atoms with Gasteiger partial charge in [-0.1, -0.05) is 11.6 Å². The number of hydrogen-bond acceptors (Lipinski definition) is 3. The van der Waals surface area contributed by atoms with Gasteiger partial charge in [-0.15, -0.1) is 0 Å². The van der Waals surface area contributed by atoms with Gasteiger partial charge in [0.05, 0.1) is 11.8 Å². The largest absolute Gasteiger partial charge is 0.392 e. The lowest BCUT2D eigenvalue weighted by Crippen LogP contribution is -2.38. The number of hydrogen-bond donors (Lipinski definition) is 2. The molecule has 0 radical (unpaired) electrons. The minimum absolute atomic E-state index is 0.121. The summed E-state index contributed by atoms with van der Waals surface area (Å²) < 4.78 is 13.6. The van der Waals surface area contributed by atoms with Crippen molar-refractivity contribution in [1.82, 2.24) is 4.90 Å². The molecule has 0 aliphatic heterocycles. The summed E-state index contributed by atoms with van der Waals surface area (Å²) in [6, 6.07) is 4.34. The molecule has 0 aliphatic rings. The molecule has 1 aromatic carbocycles. The summed E-state index contributed by atoms with van der Waals surface area (Å²) in [6.45, 7) is 6.71. The van der Waals surface area contributed by atoms with Crippen molar-refractivity contribution >= 4 is 23.2 Å². The van der Waals surface area contributed by atoms with Gasteiger partial charge in [-0.2, -0.15) is 0 Å². The van der Waals surface area contributed by atoms with Crippen LogP contribution in [0.1, 0.15) is 27.2 Å². The molecule has 4 nitrogen and oxygen atoms in total. The number of anilines is 1. The number of carbonyl (C=O) groups is 1. The molecular formula is C15H22ClFN2O2. The van der Waals surface area contributed by atoms with Crippen LogP contribution in [-0.2, 0) is 4.79 Å². The summed E-state index contributed by atoms with van der Waals surface area (Å²) in [5, 5.41) is 12.2. The molecule has 0 aliphatic carbocycles. The number of halogens is 2. The Morgan fingerprint density at radius 1 is 1.43 bits per heavy atom. The van der Waals surface area contributed by atoms with Gasteiger partial charge in [-0.25, -0.2) is 4.39 Å². The van der Waals surface area contributed by atoms with Crippen LogP contribution < -0.4 is 5.32 Å². The predicted octanol–water partition coefficient (Wildman–Crippen LogP) is 2.90. The molecule has 1 amide bonds. The molecule has 1 atom stereocenters. The first-order valence-electron chi connectivity index (χ1n) is 6.96. The Bertz CT molecular complexity index is 481. The molecule has 6 heteroatoms. The second-order valence-corrected chi connectivity index (χ2v) is 5.80. The Morgan fingerprint density at radius 3 is 2.62 bits per heavy atom. The number of carbonyl (C=O) groups excluding carboxylic acids is 1. The van der Waals surface area contributed by atoms with Crippen molar-refractivity contribution in [1.29, 1.82) is 0 Å². The van der Waals surface area contributed by atoms with Gasteiger partial charge in [-0.3, -0.25) is 9.69 Å². The van der Waals surface area contributed by atoms with Gasteiger partial charge in [0, 0.05) is 30.6 Å². The van der Waals surface area contributed by atoms with Crippen molar-refractivity contribution in [2.45, 2.75) is 39.3 Å². The fourth-order valence-corrected chi connectivity index (χ4v) is 2.11. The van der Waals surface area contributed by atoms with Gasteiger partial charge in [0.2, 0.25) is 5.91 Å². The Labute approximate surface area is 129 Å². The minimum Gasteiger partial charge on any atom is -0.392 e. The molecule has 0 heterocycles. The van der Waals surface area contributed by atoms with E-state index in [-0.39, 0.29) is 29.1 Å². The van der Waals surface area contributed by atoms with E-state index >= 15 is 0 Å². The maximum Gasteiger partial charge on any atom is 0.225 e. The summed E-state index contributed by atoms with van der Waals surface area (Å²) in [5.74, 6) is -0.826. The van der Waals surface area contributed by atoms with Gasteiger partial charge < -0.3 is 10.4 Å². The molecule has 0 saturated heterocycles. The molecule has 1 aromatic rings. The van der Waals surface area contributed by atoms with Gasteiger partial charge in [-0.05, 0) is 39.0 Å². The van der Waals surface area contributed by atoms with E-state index in [0.29, 0.717) is 13.1 Å². The number of nitrogens with one attached hydrogen (secondary N) is 1. The monoisotopic (exact) mass is 316 g/mol. The van der Waals surface area contributed by atoms with Crippen LogP contribution in [0.2, 0.25) is 5.02 Å².